The van der Waals surface area contributed by atoms with E-state index in [0.29, 0.717) is 12.3 Å². The third-order valence-electron chi connectivity index (χ3n) is 7.77. The quantitative estimate of drug-likeness (QED) is 0.249. The number of nitrogens with zero attached hydrogens (tertiary/aromatic N) is 1. The number of H-pyrrole nitrogens is 1. The second-order valence-electron chi connectivity index (χ2n) is 11.6. The second kappa shape index (κ2) is 10.9. The molecular weight excluding hydrogens is 478 g/mol. The number of rotatable bonds is 10. The minimum absolute atomic E-state index is 0.224. The molecule has 39 heavy (non-hydrogen) atoms. The van der Waals surface area contributed by atoms with Crippen molar-refractivity contribution in [2.45, 2.75) is 51.0 Å². The Bertz CT molecular complexity index is 1380. The van der Waals surface area contributed by atoms with E-state index in [4.69, 9.17) is 5.73 Å². The molecule has 0 saturated heterocycles. The molecule has 4 nitrogen and oxygen atoms in total. The molecule has 200 valence electrons. The fourth-order valence-electron chi connectivity index (χ4n) is 5.29. The van der Waals surface area contributed by atoms with Gasteiger partial charge in [0.15, 0.2) is 5.78 Å². The van der Waals surface area contributed by atoms with Gasteiger partial charge in [0.2, 0.25) is 0 Å². The summed E-state index contributed by atoms with van der Waals surface area (Å²) in [5.41, 5.74) is 10.6. The zero-order valence-electron chi connectivity index (χ0n) is 23.5. The third-order valence-corrected chi connectivity index (χ3v) is 7.77. The Kier molecular flexibility index (Phi) is 7.99. The molecule has 3 N–H and O–H groups in total. The molecule has 4 aromatic rings. The number of nitrogens with one attached hydrogen (secondary N) is 1. The van der Waals surface area contributed by atoms with Crippen molar-refractivity contribution in [3.05, 3.63) is 152 Å². The van der Waals surface area contributed by atoms with Gasteiger partial charge in [-0.2, -0.15) is 0 Å². The van der Waals surface area contributed by atoms with Gasteiger partial charge in [0.05, 0.1) is 24.0 Å². The zero-order chi connectivity index (χ0) is 28.4. The number of nitrogens with two attached hydrogens (primary N) is 1. The standard InChI is InChI=1S/C35H39N3O/c1-33(2,3)31(32(39)30(36)21-27-22-37-23-38-27)28-19-18-26(34(4,5)24-14-10-8-11-15-24)20-29(28)35(6,7)25-16-12-9-13-17-25/h8-20,22-23,30H,1-3,21,36H2,4-7H3,(H,37,38)/t30-/m0/s1. The summed E-state index contributed by atoms with van der Waals surface area (Å²) in [5.74, 6) is 0.201. The van der Waals surface area contributed by atoms with Crippen LogP contribution in [0.4, 0.5) is 0 Å². The summed E-state index contributed by atoms with van der Waals surface area (Å²) in [6.07, 6.45) is 3.64. The first-order chi connectivity index (χ1) is 18.3. The fraction of sp³-hybridized carbons (Fsp3) is 0.257. The van der Waals surface area contributed by atoms with Gasteiger partial charge in [0.1, 0.15) is 0 Å². The molecule has 0 aliphatic heterocycles. The van der Waals surface area contributed by atoms with E-state index < -0.39 is 16.9 Å². The summed E-state index contributed by atoms with van der Waals surface area (Å²) in [4.78, 5) is 21.2. The Hall–Kier alpha value is -3.50. The number of aromatic nitrogens is 2. The number of carbonyl (C=O) groups is 1. The number of imidazole rings is 1. The molecule has 1 heterocycles. The van der Waals surface area contributed by atoms with Gasteiger partial charge < -0.3 is 10.7 Å². The van der Waals surface area contributed by atoms with Crippen molar-refractivity contribution in [3.8, 4) is 0 Å². The molecule has 0 aliphatic carbocycles. The van der Waals surface area contributed by atoms with Gasteiger partial charge in [0.25, 0.3) is 0 Å². The largest absolute Gasteiger partial charge is 0.351 e. The van der Waals surface area contributed by atoms with Gasteiger partial charge in [-0.1, -0.05) is 107 Å². The first-order valence-electron chi connectivity index (χ1n) is 13.3. The van der Waals surface area contributed by atoms with Gasteiger partial charge in [-0.3, -0.25) is 4.79 Å². The molecule has 0 amide bonds. The summed E-state index contributed by atoms with van der Waals surface area (Å²) in [7, 11) is 0. The Morgan fingerprint density at radius 3 is 1.92 bits per heavy atom. The van der Waals surface area contributed by atoms with Crippen LogP contribution in [0.15, 0.2) is 91.4 Å². The van der Waals surface area contributed by atoms with Crippen molar-refractivity contribution in [2.75, 3.05) is 0 Å². The van der Waals surface area contributed by atoms with Crippen LogP contribution in [0.3, 0.4) is 0 Å². The van der Waals surface area contributed by atoms with Crippen LogP contribution in [-0.2, 0) is 22.0 Å². The Morgan fingerprint density at radius 1 is 0.846 bits per heavy atom. The molecule has 0 unspecified atom stereocenters. The fourth-order valence-corrected chi connectivity index (χ4v) is 5.29. The minimum atomic E-state index is -1.17. The first-order valence-corrected chi connectivity index (χ1v) is 13.3. The van der Waals surface area contributed by atoms with Crippen LogP contribution in [0.5, 0.6) is 0 Å². The number of hydrogen-bond donors (Lipinski definition) is 2. The lowest BCUT2D eigenvalue weighted by atomic mass is 9.65. The lowest BCUT2D eigenvalue weighted by Crippen LogP contribution is -2.42. The lowest BCUT2D eigenvalue weighted by Gasteiger charge is -2.38. The predicted octanol–water partition coefficient (Wildman–Crippen LogP) is 6.61. The van der Waals surface area contributed by atoms with E-state index in [9.17, 15) is 4.79 Å². The van der Waals surface area contributed by atoms with E-state index >= 15 is 0 Å². The maximum absolute atomic E-state index is 14.0. The van der Waals surface area contributed by atoms with Crippen LogP contribution in [0, 0.1) is 32.1 Å². The summed E-state index contributed by atoms with van der Waals surface area (Å²) in [6.45, 7) is 21.4. The van der Waals surface area contributed by atoms with E-state index in [1.165, 1.54) is 5.56 Å². The maximum atomic E-state index is 14.0. The van der Waals surface area contributed by atoms with Crippen LogP contribution >= 0.6 is 0 Å². The number of hydrogen-bond acceptors (Lipinski definition) is 3. The summed E-state index contributed by atoms with van der Waals surface area (Å²) >= 11 is 0. The summed E-state index contributed by atoms with van der Waals surface area (Å²) < 4.78 is 0. The first kappa shape index (κ1) is 28.5. The molecular formula is C35H39N3O. The molecule has 0 bridgehead atoms. The normalized spacial score (nSPS) is 13.5. The number of Topliss-reactive ketones (excluding diaryl/α,β-unsaturated/α-hetero) is 1. The SMILES string of the molecule is [CH2]C([CH2])([CH2])[C](C(=O)[C@@H](N)Cc1c[nH]cn1)c1ccc(C(C)(C)c2ccccc2)cc1C(C)(C)c1ccccc1. The summed E-state index contributed by atoms with van der Waals surface area (Å²) in [6, 6.07) is 26.4. The third kappa shape index (κ3) is 5.91. The highest BCUT2D eigenvalue weighted by Gasteiger charge is 2.41. The van der Waals surface area contributed by atoms with Crippen molar-refractivity contribution >= 4 is 5.78 Å². The van der Waals surface area contributed by atoms with Crippen LogP contribution in [0.25, 0.3) is 0 Å². The predicted molar refractivity (Wildman–Crippen MR) is 160 cm³/mol. The summed E-state index contributed by atoms with van der Waals surface area (Å²) in [5, 5.41) is 0. The maximum Gasteiger partial charge on any atom is 0.162 e. The molecule has 1 aromatic heterocycles. The number of ketones is 1. The van der Waals surface area contributed by atoms with Crippen LogP contribution < -0.4 is 5.73 Å². The van der Waals surface area contributed by atoms with Crippen molar-refractivity contribution in [3.63, 3.8) is 0 Å². The van der Waals surface area contributed by atoms with Gasteiger partial charge in [-0.15, -0.1) is 0 Å². The van der Waals surface area contributed by atoms with Crippen LogP contribution in [0.1, 0.15) is 61.2 Å². The Labute approximate surface area is 234 Å². The molecule has 1 atom stereocenters. The number of carbonyl (C=O) groups excluding carboxylic acids is 1. The topological polar surface area (TPSA) is 71.8 Å². The number of benzene rings is 3. The highest BCUT2D eigenvalue weighted by molar-refractivity contribution is 6.02. The van der Waals surface area contributed by atoms with E-state index in [1.807, 2.05) is 30.3 Å². The van der Waals surface area contributed by atoms with E-state index in [0.717, 1.165) is 27.9 Å². The highest BCUT2D eigenvalue weighted by atomic mass is 16.1. The van der Waals surface area contributed by atoms with Crippen molar-refractivity contribution in [1.29, 1.82) is 0 Å². The molecule has 0 aliphatic rings. The molecule has 4 rings (SSSR count). The van der Waals surface area contributed by atoms with Crippen molar-refractivity contribution in [1.82, 2.24) is 9.97 Å². The van der Waals surface area contributed by atoms with Gasteiger partial charge in [-0.25, -0.2) is 4.98 Å². The van der Waals surface area contributed by atoms with Crippen molar-refractivity contribution in [2.24, 2.45) is 11.1 Å². The molecule has 4 heteroatoms. The Morgan fingerprint density at radius 2 is 1.41 bits per heavy atom. The average Bonchev–Trinajstić information content (AvgIpc) is 3.42. The van der Waals surface area contributed by atoms with Crippen molar-refractivity contribution < 1.29 is 4.79 Å². The minimum Gasteiger partial charge on any atom is -0.351 e. The second-order valence-corrected chi connectivity index (χ2v) is 11.6. The van der Waals surface area contributed by atoms with Crippen LogP contribution in [-0.4, -0.2) is 21.8 Å². The van der Waals surface area contributed by atoms with Gasteiger partial charge in [0, 0.05) is 23.4 Å². The average molecular weight is 518 g/mol. The molecule has 0 fully saturated rings. The van der Waals surface area contributed by atoms with Gasteiger partial charge in [-0.05, 0) is 54.0 Å². The number of aromatic amines is 1. The zero-order valence-corrected chi connectivity index (χ0v) is 23.5. The molecule has 4 radical (unpaired) electrons. The molecule has 0 spiro atoms. The lowest BCUT2D eigenvalue weighted by molar-refractivity contribution is -0.118. The smallest absolute Gasteiger partial charge is 0.162 e. The van der Waals surface area contributed by atoms with Crippen LogP contribution in [0.2, 0.25) is 0 Å². The Balaban J connectivity index is 1.90. The van der Waals surface area contributed by atoms with E-state index in [1.54, 1.807) is 12.5 Å². The van der Waals surface area contributed by atoms with Gasteiger partial charge >= 0.3 is 0 Å². The highest BCUT2D eigenvalue weighted by Crippen LogP contribution is 2.44. The monoisotopic (exact) mass is 517 g/mol. The van der Waals surface area contributed by atoms with E-state index in [2.05, 4.69) is 107 Å². The molecule has 3 aromatic carbocycles. The molecule has 0 saturated carbocycles. The van der Waals surface area contributed by atoms with E-state index in [-0.39, 0.29) is 11.2 Å².